The molecule has 0 unspecified atom stereocenters. The summed E-state index contributed by atoms with van der Waals surface area (Å²) in [5.74, 6) is -0.590. The number of hydrogen-bond acceptors (Lipinski definition) is 3. The van der Waals surface area contributed by atoms with E-state index in [4.69, 9.17) is 11.5 Å². The van der Waals surface area contributed by atoms with Crippen LogP contribution in [-0.4, -0.2) is 0 Å². The maximum Gasteiger partial charge on any atom is 0.170 e. The lowest BCUT2D eigenvalue weighted by atomic mass is 10.3. The van der Waals surface area contributed by atoms with Gasteiger partial charge in [-0.05, 0) is 12.1 Å². The first-order valence-corrected chi connectivity index (χ1v) is 3.10. The van der Waals surface area contributed by atoms with Gasteiger partial charge in [0.2, 0.25) is 0 Å². The van der Waals surface area contributed by atoms with Gasteiger partial charge in [0, 0.05) is 4.90 Å². The fourth-order valence-electron chi connectivity index (χ4n) is 0.600. The van der Waals surface area contributed by atoms with Gasteiger partial charge < -0.3 is 11.5 Å². The van der Waals surface area contributed by atoms with Crippen molar-refractivity contribution >= 4 is 24.0 Å². The summed E-state index contributed by atoms with van der Waals surface area (Å²) in [6.45, 7) is 0. The minimum atomic E-state index is -0.590. The molecule has 0 atom stereocenters. The predicted molar refractivity (Wildman–Crippen MR) is 42.5 cm³/mol. The van der Waals surface area contributed by atoms with Gasteiger partial charge in [0.1, 0.15) is 0 Å². The SMILES string of the molecule is Nc1ccc(S)c(N)c1F. The van der Waals surface area contributed by atoms with Crippen LogP contribution in [0.15, 0.2) is 17.0 Å². The summed E-state index contributed by atoms with van der Waals surface area (Å²) < 4.78 is 12.7. The van der Waals surface area contributed by atoms with Crippen molar-refractivity contribution in [1.29, 1.82) is 0 Å². The summed E-state index contributed by atoms with van der Waals surface area (Å²) in [6.07, 6.45) is 0. The van der Waals surface area contributed by atoms with Crippen LogP contribution in [0.2, 0.25) is 0 Å². The highest BCUT2D eigenvalue weighted by Gasteiger charge is 2.04. The molecule has 0 aliphatic heterocycles. The highest BCUT2D eigenvalue weighted by molar-refractivity contribution is 7.80. The second-order valence-corrected chi connectivity index (χ2v) is 2.38. The van der Waals surface area contributed by atoms with Crippen molar-refractivity contribution in [2.75, 3.05) is 11.5 Å². The first-order valence-electron chi connectivity index (χ1n) is 2.65. The zero-order valence-electron chi connectivity index (χ0n) is 5.13. The van der Waals surface area contributed by atoms with Crippen LogP contribution in [0, 0.1) is 5.82 Å². The third kappa shape index (κ3) is 1.02. The van der Waals surface area contributed by atoms with Crippen LogP contribution in [0.25, 0.3) is 0 Å². The predicted octanol–water partition coefficient (Wildman–Crippen LogP) is 1.28. The van der Waals surface area contributed by atoms with Gasteiger partial charge in [-0.15, -0.1) is 12.6 Å². The molecule has 1 aromatic carbocycles. The molecule has 0 amide bonds. The average molecular weight is 158 g/mol. The smallest absolute Gasteiger partial charge is 0.170 e. The molecule has 0 aromatic heterocycles. The molecule has 0 radical (unpaired) electrons. The zero-order valence-corrected chi connectivity index (χ0v) is 6.03. The van der Waals surface area contributed by atoms with Crippen molar-refractivity contribution in [3.63, 3.8) is 0 Å². The van der Waals surface area contributed by atoms with E-state index in [0.29, 0.717) is 4.90 Å². The molecular weight excluding hydrogens is 151 g/mol. The van der Waals surface area contributed by atoms with Crippen molar-refractivity contribution in [3.05, 3.63) is 17.9 Å². The lowest BCUT2D eigenvalue weighted by Crippen LogP contribution is -1.97. The Kier molecular flexibility index (Phi) is 1.72. The van der Waals surface area contributed by atoms with E-state index >= 15 is 0 Å². The average Bonchev–Trinajstić information content (AvgIpc) is 1.93. The summed E-state index contributed by atoms with van der Waals surface area (Å²) in [7, 11) is 0. The van der Waals surface area contributed by atoms with Gasteiger partial charge in [-0.1, -0.05) is 0 Å². The number of nitrogens with two attached hydrogens (primary N) is 2. The molecule has 0 saturated heterocycles. The van der Waals surface area contributed by atoms with Crippen molar-refractivity contribution < 1.29 is 4.39 Å². The minimum Gasteiger partial charge on any atom is -0.396 e. The molecule has 0 bridgehead atoms. The van der Waals surface area contributed by atoms with Crippen LogP contribution in [0.5, 0.6) is 0 Å². The molecular formula is C6H7FN2S. The van der Waals surface area contributed by atoms with E-state index in [0.717, 1.165) is 0 Å². The first-order chi connectivity index (χ1) is 4.63. The fraction of sp³-hybridized carbons (Fsp3) is 0. The molecule has 10 heavy (non-hydrogen) atoms. The summed E-state index contributed by atoms with van der Waals surface area (Å²) in [5, 5.41) is 0. The van der Waals surface area contributed by atoms with Crippen LogP contribution in [0.1, 0.15) is 0 Å². The Labute approximate surface area is 63.4 Å². The summed E-state index contributed by atoms with van der Waals surface area (Å²) in [6, 6.07) is 2.98. The zero-order chi connectivity index (χ0) is 7.72. The summed E-state index contributed by atoms with van der Waals surface area (Å²) in [5.41, 5.74) is 10.5. The lowest BCUT2D eigenvalue weighted by Gasteiger charge is -2.01. The molecule has 54 valence electrons. The van der Waals surface area contributed by atoms with Crippen molar-refractivity contribution in [3.8, 4) is 0 Å². The van der Waals surface area contributed by atoms with Crippen LogP contribution in [-0.2, 0) is 0 Å². The van der Waals surface area contributed by atoms with E-state index in [2.05, 4.69) is 12.6 Å². The Morgan fingerprint density at radius 2 is 1.90 bits per heavy atom. The van der Waals surface area contributed by atoms with Gasteiger partial charge in [0.25, 0.3) is 0 Å². The van der Waals surface area contributed by atoms with E-state index in [1.54, 1.807) is 6.07 Å². The maximum absolute atomic E-state index is 12.7. The highest BCUT2D eigenvalue weighted by atomic mass is 32.1. The number of thiol groups is 1. The molecule has 2 nitrogen and oxygen atoms in total. The van der Waals surface area contributed by atoms with Gasteiger partial charge in [0.15, 0.2) is 5.82 Å². The van der Waals surface area contributed by atoms with Gasteiger partial charge in [-0.25, -0.2) is 4.39 Å². The Morgan fingerprint density at radius 3 is 2.40 bits per heavy atom. The second kappa shape index (κ2) is 2.38. The second-order valence-electron chi connectivity index (χ2n) is 1.90. The van der Waals surface area contributed by atoms with E-state index in [-0.39, 0.29) is 11.4 Å². The Balaban J connectivity index is 3.34. The minimum absolute atomic E-state index is 0.00309. The highest BCUT2D eigenvalue weighted by Crippen LogP contribution is 2.23. The van der Waals surface area contributed by atoms with Gasteiger partial charge in [0.05, 0.1) is 11.4 Å². The molecule has 4 N–H and O–H groups in total. The Morgan fingerprint density at radius 1 is 1.30 bits per heavy atom. The van der Waals surface area contributed by atoms with Crippen LogP contribution < -0.4 is 11.5 Å². The van der Waals surface area contributed by atoms with E-state index in [1.165, 1.54) is 6.07 Å². The molecule has 0 fully saturated rings. The summed E-state index contributed by atoms with van der Waals surface area (Å²) in [4.78, 5) is 0.409. The molecule has 1 rings (SSSR count). The van der Waals surface area contributed by atoms with Crippen molar-refractivity contribution in [2.45, 2.75) is 4.90 Å². The van der Waals surface area contributed by atoms with Gasteiger partial charge in [-0.2, -0.15) is 0 Å². The molecule has 4 heteroatoms. The normalized spacial score (nSPS) is 9.80. The third-order valence-electron chi connectivity index (χ3n) is 1.19. The quantitative estimate of drug-likeness (QED) is 0.393. The van der Waals surface area contributed by atoms with Crippen molar-refractivity contribution in [2.24, 2.45) is 0 Å². The van der Waals surface area contributed by atoms with Gasteiger partial charge >= 0.3 is 0 Å². The number of halogens is 1. The Hall–Kier alpha value is -0.900. The van der Waals surface area contributed by atoms with E-state index in [1.807, 2.05) is 0 Å². The number of hydrogen-bond donors (Lipinski definition) is 3. The molecule has 1 aromatic rings. The van der Waals surface area contributed by atoms with Gasteiger partial charge in [-0.3, -0.25) is 0 Å². The Bertz CT molecular complexity index is 235. The molecule has 0 heterocycles. The standard InChI is InChI=1S/C6H7FN2S/c7-5-3(8)1-2-4(10)6(5)9/h1-2,10H,8-9H2. The molecule has 0 saturated carbocycles. The number of rotatable bonds is 0. The number of anilines is 2. The largest absolute Gasteiger partial charge is 0.396 e. The molecule has 0 aliphatic rings. The fourth-order valence-corrected chi connectivity index (χ4v) is 0.772. The van der Waals surface area contributed by atoms with Crippen LogP contribution in [0.3, 0.4) is 0 Å². The molecule has 0 aliphatic carbocycles. The topological polar surface area (TPSA) is 52.0 Å². The molecule has 0 spiro atoms. The first kappa shape index (κ1) is 7.21. The lowest BCUT2D eigenvalue weighted by molar-refractivity contribution is 0.634. The number of benzene rings is 1. The maximum atomic E-state index is 12.7. The van der Waals surface area contributed by atoms with E-state index < -0.39 is 5.82 Å². The van der Waals surface area contributed by atoms with Crippen molar-refractivity contribution in [1.82, 2.24) is 0 Å². The third-order valence-corrected chi connectivity index (χ3v) is 1.58. The van der Waals surface area contributed by atoms with Crippen LogP contribution in [0.4, 0.5) is 15.8 Å². The van der Waals surface area contributed by atoms with E-state index in [9.17, 15) is 4.39 Å². The van der Waals surface area contributed by atoms with Crippen LogP contribution >= 0.6 is 12.6 Å². The summed E-state index contributed by atoms with van der Waals surface area (Å²) >= 11 is 3.89. The number of nitrogen functional groups attached to an aromatic ring is 2. The monoisotopic (exact) mass is 158 g/mol.